The molecule has 168 valence electrons. The van der Waals surface area contributed by atoms with Gasteiger partial charge in [0.1, 0.15) is 6.04 Å². The van der Waals surface area contributed by atoms with Gasteiger partial charge in [-0.3, -0.25) is 9.59 Å². The van der Waals surface area contributed by atoms with Gasteiger partial charge in [0.25, 0.3) is 0 Å². The lowest BCUT2D eigenvalue weighted by Crippen LogP contribution is -2.49. The molecule has 0 spiro atoms. The molecule has 0 aliphatic rings. The van der Waals surface area contributed by atoms with Crippen LogP contribution in [-0.2, 0) is 21.9 Å². The fourth-order valence-electron chi connectivity index (χ4n) is 3.28. The Kier molecular flexibility index (Phi) is 11.0. The number of thioether (sulfide) groups is 1. The molecule has 0 aliphatic carbocycles. The van der Waals surface area contributed by atoms with E-state index in [4.69, 9.17) is 11.6 Å². The third-order valence-electron chi connectivity index (χ3n) is 5.07. The summed E-state index contributed by atoms with van der Waals surface area (Å²) in [5, 5.41) is 3.69. The maximum atomic E-state index is 13.2. The number of amides is 2. The van der Waals surface area contributed by atoms with Crippen LogP contribution in [0.15, 0.2) is 48.5 Å². The van der Waals surface area contributed by atoms with E-state index in [1.165, 1.54) is 5.56 Å². The normalized spacial score (nSPS) is 11.7. The van der Waals surface area contributed by atoms with E-state index in [2.05, 4.69) is 12.2 Å². The van der Waals surface area contributed by atoms with Gasteiger partial charge in [-0.15, -0.1) is 11.8 Å². The number of nitrogens with zero attached hydrogens (tertiary/aromatic N) is 1. The number of hydrogen-bond donors (Lipinski definition) is 1. The van der Waals surface area contributed by atoms with Gasteiger partial charge in [-0.25, -0.2) is 0 Å². The first kappa shape index (κ1) is 25.3. The van der Waals surface area contributed by atoms with Crippen molar-refractivity contribution in [3.05, 3.63) is 70.2 Å². The van der Waals surface area contributed by atoms with Crippen molar-refractivity contribution < 1.29 is 9.59 Å². The number of hydrogen-bond acceptors (Lipinski definition) is 3. The molecule has 2 aromatic carbocycles. The molecule has 1 atom stereocenters. The van der Waals surface area contributed by atoms with Crippen LogP contribution in [0.1, 0.15) is 49.8 Å². The van der Waals surface area contributed by atoms with E-state index in [-0.39, 0.29) is 11.8 Å². The quantitative estimate of drug-likeness (QED) is 0.419. The summed E-state index contributed by atoms with van der Waals surface area (Å²) in [5.41, 5.74) is 3.28. The van der Waals surface area contributed by atoms with Crippen molar-refractivity contribution in [1.82, 2.24) is 10.2 Å². The molecule has 1 unspecified atom stereocenters. The molecule has 2 aromatic rings. The van der Waals surface area contributed by atoms with Gasteiger partial charge in [-0.2, -0.15) is 0 Å². The van der Waals surface area contributed by atoms with Crippen LogP contribution in [0, 0.1) is 6.92 Å². The summed E-state index contributed by atoms with van der Waals surface area (Å²) in [6.07, 6.45) is 2.53. The van der Waals surface area contributed by atoms with Crippen molar-refractivity contribution in [2.45, 2.75) is 58.4 Å². The van der Waals surface area contributed by atoms with Crippen LogP contribution in [0.3, 0.4) is 0 Å². The van der Waals surface area contributed by atoms with Gasteiger partial charge in [0, 0.05) is 23.9 Å². The average Bonchev–Trinajstić information content (AvgIpc) is 2.75. The molecule has 4 nitrogen and oxygen atoms in total. The van der Waals surface area contributed by atoms with Crippen LogP contribution in [0.2, 0.25) is 5.02 Å². The fraction of sp³-hybridized carbons (Fsp3) is 0.440. The topological polar surface area (TPSA) is 49.4 Å². The highest BCUT2D eigenvalue weighted by atomic mass is 35.5. The van der Waals surface area contributed by atoms with Gasteiger partial charge in [0.2, 0.25) is 11.8 Å². The van der Waals surface area contributed by atoms with E-state index in [9.17, 15) is 9.59 Å². The summed E-state index contributed by atoms with van der Waals surface area (Å²) in [6, 6.07) is 15.3. The summed E-state index contributed by atoms with van der Waals surface area (Å²) >= 11 is 7.60. The lowest BCUT2D eigenvalue weighted by molar-refractivity contribution is -0.139. The Labute approximate surface area is 195 Å². The van der Waals surface area contributed by atoms with E-state index in [1.807, 2.05) is 62.4 Å². The summed E-state index contributed by atoms with van der Waals surface area (Å²) in [4.78, 5) is 27.8. The van der Waals surface area contributed by atoms with Crippen LogP contribution in [-0.4, -0.2) is 35.1 Å². The third kappa shape index (κ3) is 8.58. The molecular formula is C25H33ClN2O2S. The highest BCUT2D eigenvalue weighted by Gasteiger charge is 2.28. The largest absolute Gasteiger partial charge is 0.354 e. The number of aryl methyl sites for hydroxylation is 1. The Morgan fingerprint density at radius 1 is 1.10 bits per heavy atom. The number of nitrogens with one attached hydrogen (secondary N) is 1. The Hall–Kier alpha value is -1.98. The standard InChI is InChI=1S/C25H33ClN2O2S/c1-4-6-14-27-25(30)23(5-2)28(16-20-12-10-19(3)11-13-20)24(29)18-31-17-21-8-7-9-22(26)15-21/h7-13,15,23H,4-6,14,16-18H2,1-3H3,(H,27,30). The zero-order chi connectivity index (χ0) is 22.6. The summed E-state index contributed by atoms with van der Waals surface area (Å²) in [5.74, 6) is 0.919. The molecule has 6 heteroatoms. The monoisotopic (exact) mass is 460 g/mol. The second-order valence-corrected chi connectivity index (χ2v) is 9.12. The van der Waals surface area contributed by atoms with Crippen molar-refractivity contribution in [3.8, 4) is 0 Å². The minimum absolute atomic E-state index is 0.0231. The van der Waals surface area contributed by atoms with Crippen LogP contribution in [0.4, 0.5) is 0 Å². The molecule has 0 aromatic heterocycles. The van der Waals surface area contributed by atoms with E-state index in [0.29, 0.717) is 36.0 Å². The Morgan fingerprint density at radius 2 is 1.84 bits per heavy atom. The Balaban J connectivity index is 2.09. The molecule has 0 radical (unpaired) electrons. The van der Waals surface area contributed by atoms with Crippen molar-refractivity contribution in [3.63, 3.8) is 0 Å². The van der Waals surface area contributed by atoms with E-state index < -0.39 is 6.04 Å². The Morgan fingerprint density at radius 3 is 2.48 bits per heavy atom. The fourth-order valence-corrected chi connectivity index (χ4v) is 4.35. The highest BCUT2D eigenvalue weighted by molar-refractivity contribution is 7.99. The summed E-state index contributed by atoms with van der Waals surface area (Å²) in [7, 11) is 0. The van der Waals surface area contributed by atoms with Gasteiger partial charge in [0.15, 0.2) is 0 Å². The zero-order valence-electron chi connectivity index (χ0n) is 18.7. The van der Waals surface area contributed by atoms with Crippen LogP contribution < -0.4 is 5.32 Å². The van der Waals surface area contributed by atoms with Crippen molar-refractivity contribution in [1.29, 1.82) is 0 Å². The van der Waals surface area contributed by atoms with Crippen LogP contribution in [0.5, 0.6) is 0 Å². The average molecular weight is 461 g/mol. The SMILES string of the molecule is CCCCNC(=O)C(CC)N(Cc1ccc(C)cc1)C(=O)CSCc1cccc(Cl)c1. The Bertz CT molecular complexity index is 842. The number of carbonyl (C=O) groups is 2. The van der Waals surface area contributed by atoms with Gasteiger partial charge >= 0.3 is 0 Å². The molecule has 0 saturated carbocycles. The van der Waals surface area contributed by atoms with E-state index >= 15 is 0 Å². The zero-order valence-corrected chi connectivity index (χ0v) is 20.3. The van der Waals surface area contributed by atoms with Crippen LogP contribution in [0.25, 0.3) is 0 Å². The first-order valence-corrected chi connectivity index (χ1v) is 12.4. The van der Waals surface area contributed by atoms with E-state index in [1.54, 1.807) is 16.7 Å². The van der Waals surface area contributed by atoms with Gasteiger partial charge < -0.3 is 10.2 Å². The molecule has 1 N–H and O–H groups in total. The van der Waals surface area contributed by atoms with Crippen molar-refractivity contribution >= 4 is 35.2 Å². The van der Waals surface area contributed by atoms with Gasteiger partial charge in [-0.05, 0) is 43.0 Å². The maximum Gasteiger partial charge on any atom is 0.242 e. The van der Waals surface area contributed by atoms with Crippen LogP contribution >= 0.6 is 23.4 Å². The van der Waals surface area contributed by atoms with Crippen molar-refractivity contribution in [2.75, 3.05) is 12.3 Å². The minimum atomic E-state index is -0.475. The van der Waals surface area contributed by atoms with E-state index in [0.717, 1.165) is 24.0 Å². The molecule has 0 fully saturated rings. The smallest absolute Gasteiger partial charge is 0.242 e. The predicted octanol–water partition coefficient (Wildman–Crippen LogP) is 5.61. The summed E-state index contributed by atoms with van der Waals surface area (Å²) < 4.78 is 0. The second kappa shape index (κ2) is 13.4. The molecule has 0 aliphatic heterocycles. The maximum absolute atomic E-state index is 13.2. The molecule has 2 amide bonds. The summed E-state index contributed by atoms with van der Waals surface area (Å²) in [6.45, 7) is 7.15. The number of halogens is 1. The number of carbonyl (C=O) groups excluding carboxylic acids is 2. The van der Waals surface area contributed by atoms with Gasteiger partial charge in [0.05, 0.1) is 5.75 Å². The number of benzene rings is 2. The molecule has 31 heavy (non-hydrogen) atoms. The molecule has 0 saturated heterocycles. The lowest BCUT2D eigenvalue weighted by atomic mass is 10.1. The van der Waals surface area contributed by atoms with Crippen molar-refractivity contribution in [2.24, 2.45) is 0 Å². The number of unbranched alkanes of at least 4 members (excludes halogenated alkanes) is 1. The second-order valence-electron chi connectivity index (χ2n) is 7.70. The number of rotatable bonds is 12. The first-order valence-electron chi connectivity index (χ1n) is 10.9. The lowest BCUT2D eigenvalue weighted by Gasteiger charge is -2.30. The molecular weight excluding hydrogens is 428 g/mol. The predicted molar refractivity (Wildman–Crippen MR) is 131 cm³/mol. The third-order valence-corrected chi connectivity index (χ3v) is 6.30. The molecule has 2 rings (SSSR count). The first-order chi connectivity index (χ1) is 14.9. The van der Waals surface area contributed by atoms with Gasteiger partial charge in [-0.1, -0.05) is 73.8 Å². The minimum Gasteiger partial charge on any atom is -0.354 e. The molecule has 0 heterocycles. The highest BCUT2D eigenvalue weighted by Crippen LogP contribution is 2.19. The molecule has 0 bridgehead atoms.